The summed E-state index contributed by atoms with van der Waals surface area (Å²) in [5.41, 5.74) is 8.80. The van der Waals surface area contributed by atoms with Crippen molar-refractivity contribution in [3.05, 3.63) is 59.2 Å². The average molecular weight is 417 g/mol. The molecule has 0 aliphatic heterocycles. The Morgan fingerprint density at radius 2 is 1.86 bits per heavy atom. The van der Waals surface area contributed by atoms with Crippen LogP contribution in [0, 0.1) is 29.6 Å². The second kappa shape index (κ2) is 11.7. The van der Waals surface area contributed by atoms with Crippen molar-refractivity contribution < 1.29 is 17.2 Å². The first-order valence-corrected chi connectivity index (χ1v) is 10.2. The molecule has 0 fully saturated rings. The van der Waals surface area contributed by atoms with Crippen LogP contribution in [0.15, 0.2) is 42.5 Å². The zero-order chi connectivity index (χ0) is 21.9. The first-order valence-electron chi connectivity index (χ1n) is 8.83. The van der Waals surface area contributed by atoms with Crippen molar-refractivity contribution in [1.29, 1.82) is 10.5 Å². The highest BCUT2D eigenvalue weighted by Gasteiger charge is 2.09. The Hall–Kier alpha value is -3.11. The van der Waals surface area contributed by atoms with Crippen molar-refractivity contribution >= 4 is 21.8 Å². The second-order valence-corrected chi connectivity index (χ2v) is 7.19. The van der Waals surface area contributed by atoms with Gasteiger partial charge in [0.1, 0.15) is 6.07 Å². The molecule has 0 heterocycles. The van der Waals surface area contributed by atoms with Gasteiger partial charge in [0.05, 0.1) is 23.8 Å². The molecule has 0 amide bonds. The van der Waals surface area contributed by atoms with Gasteiger partial charge in [0, 0.05) is 24.5 Å². The largest absolute Gasteiger partial charge is 0.398 e. The number of aryl methyl sites for hydroxylation is 1. The maximum Gasteiger partial charge on any atom is 0.397 e. The van der Waals surface area contributed by atoms with Crippen molar-refractivity contribution in [1.82, 2.24) is 0 Å². The van der Waals surface area contributed by atoms with Crippen molar-refractivity contribution in [2.24, 2.45) is 0 Å². The molecule has 8 nitrogen and oxygen atoms in total. The van der Waals surface area contributed by atoms with Crippen molar-refractivity contribution in [2.45, 2.75) is 20.3 Å². The van der Waals surface area contributed by atoms with Crippen LogP contribution in [-0.2, 0) is 14.6 Å². The average Bonchev–Trinajstić information content (AvgIpc) is 2.67. The van der Waals surface area contributed by atoms with Crippen molar-refractivity contribution in [2.75, 3.05) is 30.3 Å². The van der Waals surface area contributed by atoms with Gasteiger partial charge < -0.3 is 10.6 Å². The summed E-state index contributed by atoms with van der Waals surface area (Å²) in [6, 6.07) is 16.4. The monoisotopic (exact) mass is 416 g/mol. The molecule has 0 aliphatic rings. The van der Waals surface area contributed by atoms with Gasteiger partial charge >= 0.3 is 10.4 Å². The summed E-state index contributed by atoms with van der Waals surface area (Å²) in [6.45, 7) is 5.21. The van der Waals surface area contributed by atoms with E-state index in [1.807, 2.05) is 55.2 Å². The highest BCUT2D eigenvalue weighted by molar-refractivity contribution is 7.80. The van der Waals surface area contributed by atoms with E-state index in [1.165, 1.54) is 6.07 Å². The number of nitrogens with two attached hydrogens (primary N) is 1. The molecule has 0 atom stereocenters. The van der Waals surface area contributed by atoms with Crippen LogP contribution in [0.5, 0.6) is 0 Å². The molecule has 0 unspecified atom stereocenters. The van der Waals surface area contributed by atoms with Gasteiger partial charge in [-0.05, 0) is 49.2 Å². The SMILES string of the molecule is CCCN(CCOS(=O)(=O)O)c1cccc(C)c1.N#Cc1ccc(N)c(C#N)c1. The Kier molecular flexibility index (Phi) is 9.63. The third kappa shape index (κ3) is 9.08. The molecule has 0 saturated carbocycles. The van der Waals surface area contributed by atoms with Gasteiger partial charge in [0.25, 0.3) is 0 Å². The molecule has 2 aromatic carbocycles. The number of benzene rings is 2. The zero-order valence-electron chi connectivity index (χ0n) is 16.4. The topological polar surface area (TPSA) is 140 Å². The van der Waals surface area contributed by atoms with Gasteiger partial charge in [0.15, 0.2) is 0 Å². The first kappa shape index (κ1) is 23.9. The number of nitriles is 2. The molecule has 0 bridgehead atoms. The molecule has 0 aromatic heterocycles. The maximum atomic E-state index is 10.5. The zero-order valence-corrected chi connectivity index (χ0v) is 17.2. The minimum atomic E-state index is -4.35. The molecule has 154 valence electrons. The lowest BCUT2D eigenvalue weighted by molar-refractivity contribution is 0.273. The molecule has 3 N–H and O–H groups in total. The number of hydrogen-bond acceptors (Lipinski definition) is 7. The fourth-order valence-corrected chi connectivity index (χ4v) is 2.73. The van der Waals surface area contributed by atoms with E-state index >= 15 is 0 Å². The quantitative estimate of drug-likeness (QED) is 0.518. The predicted molar refractivity (Wildman–Crippen MR) is 111 cm³/mol. The molecule has 2 rings (SSSR count). The number of nitrogen functional groups attached to an aromatic ring is 1. The normalized spacial score (nSPS) is 10.2. The van der Waals surface area contributed by atoms with Crippen LogP contribution in [0.1, 0.15) is 30.0 Å². The van der Waals surface area contributed by atoms with E-state index in [0.29, 0.717) is 23.4 Å². The molecule has 0 saturated heterocycles. The number of nitrogens with zero attached hydrogens (tertiary/aromatic N) is 3. The molecule has 29 heavy (non-hydrogen) atoms. The van der Waals surface area contributed by atoms with Gasteiger partial charge in [-0.1, -0.05) is 19.1 Å². The highest BCUT2D eigenvalue weighted by atomic mass is 32.3. The smallest absolute Gasteiger partial charge is 0.397 e. The molecular formula is C20H24N4O4S. The summed E-state index contributed by atoms with van der Waals surface area (Å²) < 4.78 is 33.8. The van der Waals surface area contributed by atoms with Gasteiger partial charge in [-0.15, -0.1) is 0 Å². The highest BCUT2D eigenvalue weighted by Crippen LogP contribution is 2.16. The Labute approximate surface area is 171 Å². The van der Waals surface area contributed by atoms with E-state index in [9.17, 15) is 8.42 Å². The third-order valence-corrected chi connectivity index (χ3v) is 4.22. The summed E-state index contributed by atoms with van der Waals surface area (Å²) in [5, 5.41) is 16.9. The maximum absolute atomic E-state index is 10.5. The molecule has 9 heteroatoms. The van der Waals surface area contributed by atoms with Gasteiger partial charge in [0.2, 0.25) is 0 Å². The second-order valence-electron chi connectivity index (χ2n) is 6.10. The van der Waals surface area contributed by atoms with Crippen LogP contribution in [0.2, 0.25) is 0 Å². The molecular weight excluding hydrogens is 392 g/mol. The minimum Gasteiger partial charge on any atom is -0.398 e. The summed E-state index contributed by atoms with van der Waals surface area (Å²) in [6.07, 6.45) is 0.944. The summed E-state index contributed by atoms with van der Waals surface area (Å²) in [7, 11) is -4.35. The van der Waals surface area contributed by atoms with Crippen LogP contribution in [-0.4, -0.2) is 32.7 Å². The first-order chi connectivity index (χ1) is 13.7. The number of anilines is 2. The lowest BCUT2D eigenvalue weighted by atomic mass is 10.1. The standard InChI is InChI=1S/C12H19NO4S.C8H5N3/c1-3-7-13(8-9-17-18(14,15)16)12-6-4-5-11(2)10-12;9-4-6-1-2-8(11)7(3-6)5-10/h4-6,10H,3,7-9H2,1-2H3,(H,14,15,16);1-3H,11H2. The molecule has 0 spiro atoms. The van der Waals surface area contributed by atoms with Crippen LogP contribution >= 0.6 is 0 Å². The van der Waals surface area contributed by atoms with E-state index < -0.39 is 10.4 Å². The fraction of sp³-hybridized carbons (Fsp3) is 0.300. The van der Waals surface area contributed by atoms with Gasteiger partial charge in [-0.2, -0.15) is 18.9 Å². The van der Waals surface area contributed by atoms with E-state index in [4.69, 9.17) is 20.8 Å². The summed E-state index contributed by atoms with van der Waals surface area (Å²) >= 11 is 0. The lowest BCUT2D eigenvalue weighted by Crippen LogP contribution is -2.29. The molecule has 2 aromatic rings. The van der Waals surface area contributed by atoms with Crippen LogP contribution in [0.25, 0.3) is 0 Å². The van der Waals surface area contributed by atoms with E-state index in [0.717, 1.165) is 24.2 Å². The summed E-state index contributed by atoms with van der Waals surface area (Å²) in [4.78, 5) is 2.03. The van der Waals surface area contributed by atoms with E-state index in [1.54, 1.807) is 12.1 Å². The van der Waals surface area contributed by atoms with Crippen LogP contribution in [0.4, 0.5) is 11.4 Å². The van der Waals surface area contributed by atoms with Gasteiger partial charge in [-0.3, -0.25) is 4.55 Å². The van der Waals surface area contributed by atoms with E-state index in [-0.39, 0.29) is 6.61 Å². The Morgan fingerprint density at radius 1 is 1.14 bits per heavy atom. The minimum absolute atomic E-state index is 0.0627. The molecule has 0 aliphatic carbocycles. The van der Waals surface area contributed by atoms with Crippen molar-refractivity contribution in [3.8, 4) is 12.1 Å². The van der Waals surface area contributed by atoms with Gasteiger partial charge in [-0.25, -0.2) is 4.18 Å². The predicted octanol–water partition coefficient (Wildman–Crippen LogP) is 3.04. The third-order valence-electron chi connectivity index (χ3n) is 3.76. The van der Waals surface area contributed by atoms with Crippen LogP contribution in [0.3, 0.4) is 0 Å². The summed E-state index contributed by atoms with van der Waals surface area (Å²) in [5.74, 6) is 0. The Bertz CT molecular complexity index is 994. The van der Waals surface area contributed by atoms with Crippen molar-refractivity contribution in [3.63, 3.8) is 0 Å². The Morgan fingerprint density at radius 3 is 2.41 bits per heavy atom. The molecule has 0 radical (unpaired) electrons. The van der Waals surface area contributed by atoms with Crippen LogP contribution < -0.4 is 10.6 Å². The van der Waals surface area contributed by atoms with E-state index in [2.05, 4.69) is 4.18 Å². The fourth-order valence-electron chi connectivity index (χ4n) is 2.44. The Balaban J connectivity index is 0.000000326. The lowest BCUT2D eigenvalue weighted by Gasteiger charge is -2.24. The number of rotatable bonds is 7. The number of hydrogen-bond donors (Lipinski definition) is 2.